The summed E-state index contributed by atoms with van der Waals surface area (Å²) < 4.78 is 12.8. The van der Waals surface area contributed by atoms with E-state index in [0.717, 1.165) is 173 Å². The molecule has 0 saturated heterocycles. The van der Waals surface area contributed by atoms with E-state index in [9.17, 15) is 0 Å². The molecule has 0 heterocycles. The van der Waals surface area contributed by atoms with E-state index >= 15 is 0 Å². The first-order valence-corrected chi connectivity index (χ1v) is 54.9. The molecular formula is C114H247N28+13. The van der Waals surface area contributed by atoms with Crippen molar-refractivity contribution in [2.24, 2.45) is 0 Å². The number of likely N-dealkylation sites (N-methyl/N-ethyl adjacent to an activating group) is 2. The van der Waals surface area contributed by atoms with E-state index in [1.54, 1.807) is 0 Å². The van der Waals surface area contributed by atoms with Crippen molar-refractivity contribution in [1.82, 2.24) is 14.7 Å². The molecule has 830 valence electrons. The Morgan fingerprint density at radius 1 is 0.148 bits per heavy atom. The number of hydrogen-bond donors (Lipinski definition) is 0. The van der Waals surface area contributed by atoms with Crippen molar-refractivity contribution in [2.75, 3.05) is 414 Å². The summed E-state index contributed by atoms with van der Waals surface area (Å²) in [5.74, 6) is 0. The van der Waals surface area contributed by atoms with E-state index < -0.39 is 0 Å². The maximum Gasteiger partial charge on any atom is 0.166 e. The molecule has 0 aliphatic carbocycles. The molecule has 28 nitrogen and oxygen atoms in total. The Morgan fingerprint density at radius 2 is 0.352 bits per heavy atom. The molecular weight excluding hydrogens is 1760 g/mol. The molecule has 0 atom stereocenters. The summed E-state index contributed by atoms with van der Waals surface area (Å²) in [4.78, 5) is 6.69. The Kier molecular flexibility index (Phi) is 120. The highest BCUT2D eigenvalue weighted by Crippen LogP contribution is 2.15. The second-order valence-corrected chi connectivity index (χ2v) is 46.8. The first-order valence-electron chi connectivity index (χ1n) is 54.9. The van der Waals surface area contributed by atoms with Gasteiger partial charge in [-0.3, -0.25) is 0 Å². The van der Waals surface area contributed by atoms with Crippen LogP contribution in [0.4, 0.5) is 0 Å². The Morgan fingerprint density at radius 3 is 0.556 bits per heavy atom. The maximum atomic E-state index is 8.62. The summed E-state index contributed by atoms with van der Waals surface area (Å²) in [7, 11) is 62.6. The monoisotopic (exact) mass is 2010 g/mol. The maximum absolute atomic E-state index is 8.62. The molecule has 0 N–H and O–H groups in total. The lowest BCUT2D eigenvalue weighted by atomic mass is 10.2. The number of hydrogen-bond acceptors (Lipinski definition) is 15. The van der Waals surface area contributed by atoms with Gasteiger partial charge in [0.25, 0.3) is 0 Å². The average Bonchev–Trinajstić information content (AvgIpc) is 0.910. The van der Waals surface area contributed by atoms with Crippen LogP contribution in [0.2, 0.25) is 0 Å². The van der Waals surface area contributed by atoms with Gasteiger partial charge in [0.1, 0.15) is 18.2 Å². The molecule has 0 spiro atoms. The molecule has 0 saturated carbocycles. The van der Waals surface area contributed by atoms with E-state index in [1.165, 1.54) is 186 Å². The van der Waals surface area contributed by atoms with E-state index in [0.29, 0.717) is 81.9 Å². The number of unbranched alkanes of at least 4 members (excludes halogenated alkanes) is 8. The topological polar surface area (TPSA) is 295 Å². The second kappa shape index (κ2) is 104. The third-order valence-corrected chi connectivity index (χ3v) is 25.3. The van der Waals surface area contributed by atoms with Gasteiger partial charge in [0.2, 0.25) is 0 Å². The van der Waals surface area contributed by atoms with Gasteiger partial charge in [0.05, 0.1) is 425 Å². The number of rotatable bonds is 62. The lowest BCUT2D eigenvalue weighted by Gasteiger charge is -2.34. The van der Waals surface area contributed by atoms with Crippen molar-refractivity contribution in [3.05, 3.63) is 0 Å². The molecule has 0 amide bonds. The lowest BCUT2D eigenvalue weighted by Crippen LogP contribution is -2.46. The summed E-state index contributed by atoms with van der Waals surface area (Å²) in [5, 5.41) is 101. The zero-order valence-corrected chi connectivity index (χ0v) is 103. The molecule has 0 aromatic rings. The summed E-state index contributed by atoms with van der Waals surface area (Å²) >= 11 is 0. The van der Waals surface area contributed by atoms with Crippen LogP contribution in [0.5, 0.6) is 0 Å². The van der Waals surface area contributed by atoms with Gasteiger partial charge < -0.3 is 73.0 Å². The Bertz CT molecular complexity index is 3220. The summed E-state index contributed by atoms with van der Waals surface area (Å²) in [6.07, 6.45) is 27.7. The van der Waals surface area contributed by atoms with E-state index in [2.05, 4.69) is 361 Å². The van der Waals surface area contributed by atoms with Crippen molar-refractivity contribution in [1.29, 1.82) is 63.1 Å². The van der Waals surface area contributed by atoms with Crippen LogP contribution in [0.15, 0.2) is 0 Å². The van der Waals surface area contributed by atoms with Crippen LogP contribution in [0, 0.1) is 136 Å². The van der Waals surface area contributed by atoms with E-state index in [-0.39, 0.29) is 0 Å². The fourth-order valence-electron chi connectivity index (χ4n) is 14.0. The zero-order valence-electron chi connectivity index (χ0n) is 103. The summed E-state index contributed by atoms with van der Waals surface area (Å²) in [5.41, 5.74) is 0. The predicted molar refractivity (Wildman–Crippen MR) is 608 cm³/mol. The van der Waals surface area contributed by atoms with Crippen LogP contribution in [0.1, 0.15) is 270 Å². The first kappa shape index (κ1) is 163. The standard InChI is InChI=1S/C13H27N2.C12H25N2.C11H23N2.C10H15N4.C9H23N2.2C9H19N2.C8H21N2.C8H17N2.C7H19N2.C7H15N2.C6H13N2.C5H11N2/c1-4-6-11-15(3,12-7-5-2)13-9-8-10-14;1-4-6-10-14(3,11-7-5-2)12-8-9-13;1-4-9-13(3,10-5-2)11-7-6-8-12;1-14(8-2-5-11,9-3-6-12)10-4-7-13;1-10(2)8-6-7-9-11(3,4)5;1-4-11(3,5-2)9-7-6-8-10;1-4-7-11(3,8-5-2)9-6-10;1-9(2)7-6-8-10(3,4)5;1-4-10(3,5-2)8-6-7-9;1-8(2)6-7-9(3,4)5;1-4-9(3,5-2)7-6-8;1-8(2,3)6-4-5-7;1-7(2,3)5-4-6/h4-9,11-13H2,1-3H3;4-8,10-12H2,1-3H3;4-7,9-11H2,1-3H3;2-4,8-10H2,1H3;6-9H2,1-5H3;4-7,9H2,1-3H3;4-5,7-9H2,1-3H3;6-8H2,1-5H3;4-6,8H2,1-3H3;6-7H2,1-5H3;4-5,7H2,1-3H3;4,6H2,1-3H3;5H2,1-3H3/q13*+1. The van der Waals surface area contributed by atoms with E-state index in [1.807, 2.05) is 28.2 Å². The van der Waals surface area contributed by atoms with Crippen molar-refractivity contribution >= 4 is 0 Å². The minimum atomic E-state index is 0.480. The predicted octanol–water partition coefficient (Wildman–Crippen LogP) is 18.7. The fraction of sp³-hybridized carbons (Fsp3) is 0.895. The van der Waals surface area contributed by atoms with Gasteiger partial charge in [0, 0.05) is 58.0 Å². The SMILES string of the molecule is CCCC[N+](C)(CCC#N)CCCC.CCCC[N+](C)(CCCC)CCCC#N.CCC[N+](C)(CC#N)CCC.CCC[N+](C)(CCC)CCCC#N.CC[N+](C)(CC)CC#N.CC[N+](C)(CC)CCC#N.CC[N+](C)(CC)CCCC#N.CN(C)CCCC[N+](C)(C)C.CN(C)CCC[N+](C)(C)C.CN(C)CC[N+](C)(C)C.C[N+](C)(C)CC#N.C[N+](C)(C)CCC#N.C[N+](CCC#N)(CCC#N)CCC#N. The van der Waals surface area contributed by atoms with Gasteiger partial charge >= 0.3 is 0 Å². The minimum Gasteiger partial charge on any atom is -0.331 e. The molecule has 142 heavy (non-hydrogen) atoms. The van der Waals surface area contributed by atoms with Gasteiger partial charge in [-0.2, -0.15) is 63.1 Å². The molecule has 0 rings (SSSR count). The Balaban J connectivity index is -0.000000116. The van der Waals surface area contributed by atoms with Gasteiger partial charge in [-0.25, -0.2) is 0 Å². The largest absolute Gasteiger partial charge is 0.331 e. The molecule has 0 bridgehead atoms. The van der Waals surface area contributed by atoms with Crippen molar-refractivity contribution < 1.29 is 58.3 Å². The van der Waals surface area contributed by atoms with Gasteiger partial charge in [0.15, 0.2) is 19.6 Å². The molecule has 0 radical (unpaired) electrons. The number of quaternary nitrogens is 13. The van der Waals surface area contributed by atoms with Gasteiger partial charge in [-0.1, -0.05) is 81.1 Å². The molecule has 0 aromatic heterocycles. The fourth-order valence-corrected chi connectivity index (χ4v) is 14.0. The van der Waals surface area contributed by atoms with Gasteiger partial charge in [-0.05, 0) is 155 Å². The molecule has 0 aromatic carbocycles. The van der Waals surface area contributed by atoms with E-state index in [4.69, 9.17) is 63.1 Å². The highest BCUT2D eigenvalue weighted by atomic mass is 15.4. The van der Waals surface area contributed by atoms with Crippen LogP contribution in [-0.2, 0) is 0 Å². The summed E-state index contributed by atoms with van der Waals surface area (Å²) in [6.45, 7) is 65.0. The summed E-state index contributed by atoms with van der Waals surface area (Å²) in [6, 6.07) is 26.0. The highest BCUT2D eigenvalue weighted by molar-refractivity contribution is 4.75. The third kappa shape index (κ3) is 142. The van der Waals surface area contributed by atoms with Crippen molar-refractivity contribution in [3.63, 3.8) is 0 Å². The van der Waals surface area contributed by atoms with Crippen molar-refractivity contribution in [2.45, 2.75) is 270 Å². The molecule has 0 aliphatic rings. The molecule has 0 unspecified atom stereocenters. The van der Waals surface area contributed by atoms with Crippen LogP contribution >= 0.6 is 0 Å². The molecule has 0 fully saturated rings. The Labute approximate surface area is 888 Å². The first-order chi connectivity index (χ1) is 65.8. The molecule has 0 aliphatic heterocycles. The van der Waals surface area contributed by atoms with Gasteiger partial charge in [-0.15, -0.1) is 0 Å². The number of nitrogens with zero attached hydrogens (tertiary/aromatic N) is 28. The van der Waals surface area contributed by atoms with Crippen LogP contribution in [-0.4, -0.2) is 487 Å². The quantitative estimate of drug-likeness (QED) is 0.0310. The second-order valence-electron chi connectivity index (χ2n) is 46.8. The average molecular weight is 2010 g/mol. The lowest BCUT2D eigenvalue weighted by molar-refractivity contribution is -0.910. The third-order valence-electron chi connectivity index (χ3n) is 25.3. The van der Waals surface area contributed by atoms with Crippen LogP contribution in [0.3, 0.4) is 0 Å². The number of nitriles is 12. The van der Waals surface area contributed by atoms with Crippen LogP contribution < -0.4 is 0 Å². The molecule has 28 heteroatoms. The van der Waals surface area contributed by atoms with Crippen LogP contribution in [0.25, 0.3) is 0 Å². The van der Waals surface area contributed by atoms with Crippen molar-refractivity contribution in [3.8, 4) is 72.8 Å². The Hall–Kier alpha value is -6.76. The smallest absolute Gasteiger partial charge is 0.166 e. The zero-order chi connectivity index (χ0) is 113. The normalized spacial score (nSPS) is 11.3. The highest BCUT2D eigenvalue weighted by Gasteiger charge is 2.25. The minimum absolute atomic E-state index is 0.480.